The first-order valence-corrected chi connectivity index (χ1v) is 6.52. The third kappa shape index (κ3) is 4.65. The minimum absolute atomic E-state index is 0.0216. The van der Waals surface area contributed by atoms with Gasteiger partial charge in [-0.3, -0.25) is 0 Å². The van der Waals surface area contributed by atoms with E-state index in [1.54, 1.807) is 13.0 Å². The lowest BCUT2D eigenvalue weighted by Crippen LogP contribution is -2.27. The molecule has 0 aromatic heterocycles. The molecule has 0 amide bonds. The molecule has 0 saturated carbocycles. The van der Waals surface area contributed by atoms with Crippen LogP contribution in [0.2, 0.25) is 0 Å². The highest BCUT2D eigenvalue weighted by Crippen LogP contribution is 2.29. The molecule has 1 unspecified atom stereocenters. The molecule has 0 fully saturated rings. The van der Waals surface area contributed by atoms with Crippen molar-refractivity contribution in [3.05, 3.63) is 27.1 Å². The van der Waals surface area contributed by atoms with Crippen molar-refractivity contribution < 1.29 is 19.4 Å². The Bertz CT molecular complexity index is 395. The van der Waals surface area contributed by atoms with E-state index >= 15 is 0 Å². The fourth-order valence-electron chi connectivity index (χ4n) is 1.07. The largest absolute Gasteiger partial charge is 0.478 e. The zero-order valence-electron chi connectivity index (χ0n) is 9.15. The van der Waals surface area contributed by atoms with Gasteiger partial charge in [-0.25, -0.2) is 4.79 Å². The number of carbonyl (C=O) groups excluding carboxylic acids is 1. The summed E-state index contributed by atoms with van der Waals surface area (Å²) in [6, 6.07) is 5.41. The van der Waals surface area contributed by atoms with E-state index in [0.29, 0.717) is 5.75 Å². The molecule has 0 bridgehead atoms. The van der Waals surface area contributed by atoms with E-state index in [0.717, 1.165) is 8.95 Å². The van der Waals surface area contributed by atoms with Crippen LogP contribution in [0.25, 0.3) is 0 Å². The van der Waals surface area contributed by atoms with Gasteiger partial charge in [-0.2, -0.15) is 0 Å². The van der Waals surface area contributed by atoms with E-state index in [4.69, 9.17) is 14.6 Å². The fourth-order valence-corrected chi connectivity index (χ4v) is 1.75. The van der Waals surface area contributed by atoms with Crippen LogP contribution in [0.3, 0.4) is 0 Å². The highest BCUT2D eigenvalue weighted by Gasteiger charge is 2.17. The average molecular weight is 368 g/mol. The molecule has 17 heavy (non-hydrogen) atoms. The van der Waals surface area contributed by atoms with Crippen LogP contribution >= 0.6 is 31.9 Å². The van der Waals surface area contributed by atoms with Gasteiger partial charge in [0, 0.05) is 4.47 Å². The van der Waals surface area contributed by atoms with Crippen molar-refractivity contribution >= 4 is 37.8 Å². The van der Waals surface area contributed by atoms with Gasteiger partial charge in [0.2, 0.25) is 0 Å². The third-order valence-electron chi connectivity index (χ3n) is 1.86. The van der Waals surface area contributed by atoms with Gasteiger partial charge in [-0.15, -0.1) is 0 Å². The smallest absolute Gasteiger partial charge is 0.347 e. The molecular formula is C11H12Br2O4. The van der Waals surface area contributed by atoms with Crippen molar-refractivity contribution in [1.29, 1.82) is 0 Å². The normalized spacial score (nSPS) is 12.0. The minimum atomic E-state index is -0.729. The van der Waals surface area contributed by atoms with Crippen LogP contribution < -0.4 is 4.74 Å². The molecule has 1 N–H and O–H groups in total. The number of halogens is 2. The Labute approximate surface area is 116 Å². The second-order valence-corrected chi connectivity index (χ2v) is 5.00. The Kier molecular flexibility index (Phi) is 5.94. The van der Waals surface area contributed by atoms with E-state index in [1.807, 2.05) is 12.1 Å². The van der Waals surface area contributed by atoms with Gasteiger partial charge in [-0.1, -0.05) is 15.9 Å². The maximum absolute atomic E-state index is 11.4. The maximum atomic E-state index is 11.4. The molecule has 1 rings (SSSR count). The average Bonchev–Trinajstić information content (AvgIpc) is 2.30. The topological polar surface area (TPSA) is 55.8 Å². The first-order valence-electron chi connectivity index (χ1n) is 4.94. The van der Waals surface area contributed by atoms with E-state index in [-0.39, 0.29) is 13.2 Å². The molecule has 0 saturated heterocycles. The van der Waals surface area contributed by atoms with Crippen LogP contribution in [0, 0.1) is 0 Å². The van der Waals surface area contributed by atoms with Gasteiger partial charge in [0.1, 0.15) is 12.4 Å². The summed E-state index contributed by atoms with van der Waals surface area (Å²) < 4.78 is 11.8. The molecule has 1 aromatic carbocycles. The van der Waals surface area contributed by atoms with Gasteiger partial charge in [0.15, 0.2) is 6.10 Å². The Morgan fingerprint density at radius 3 is 2.82 bits per heavy atom. The summed E-state index contributed by atoms with van der Waals surface area (Å²) in [5.74, 6) is 0.0405. The second kappa shape index (κ2) is 6.98. The number of hydrogen-bond donors (Lipinski definition) is 1. The van der Waals surface area contributed by atoms with Gasteiger partial charge in [-0.05, 0) is 41.1 Å². The number of hydrogen-bond acceptors (Lipinski definition) is 4. The summed E-state index contributed by atoms with van der Waals surface area (Å²) in [5, 5.41) is 8.54. The van der Waals surface area contributed by atoms with Crippen molar-refractivity contribution in [2.45, 2.75) is 13.0 Å². The number of aliphatic hydroxyl groups excluding tert-OH is 1. The van der Waals surface area contributed by atoms with E-state index in [9.17, 15) is 4.79 Å². The molecule has 94 valence electrons. The first kappa shape index (κ1) is 14.5. The summed E-state index contributed by atoms with van der Waals surface area (Å²) in [6.45, 7) is 1.37. The molecule has 0 heterocycles. The monoisotopic (exact) mass is 366 g/mol. The van der Waals surface area contributed by atoms with E-state index in [2.05, 4.69) is 31.9 Å². The van der Waals surface area contributed by atoms with Crippen molar-refractivity contribution in [2.24, 2.45) is 0 Å². The Morgan fingerprint density at radius 2 is 2.18 bits per heavy atom. The molecule has 6 heteroatoms. The molecule has 0 aliphatic heterocycles. The van der Waals surface area contributed by atoms with Crippen LogP contribution in [0.15, 0.2) is 27.1 Å². The highest BCUT2D eigenvalue weighted by molar-refractivity contribution is 9.11. The predicted molar refractivity (Wildman–Crippen MR) is 70.0 cm³/mol. The zero-order valence-corrected chi connectivity index (χ0v) is 12.3. The third-order valence-corrected chi connectivity index (χ3v) is 3.01. The van der Waals surface area contributed by atoms with E-state index < -0.39 is 12.1 Å². The van der Waals surface area contributed by atoms with Gasteiger partial charge in [0.25, 0.3) is 0 Å². The summed E-state index contributed by atoms with van der Waals surface area (Å²) in [5.41, 5.74) is 0. The minimum Gasteiger partial charge on any atom is -0.478 e. The molecule has 1 aromatic rings. The lowest BCUT2D eigenvalue weighted by atomic mass is 10.3. The van der Waals surface area contributed by atoms with Gasteiger partial charge in [0.05, 0.1) is 11.1 Å². The Morgan fingerprint density at radius 1 is 1.47 bits per heavy atom. The summed E-state index contributed by atoms with van der Waals surface area (Å²) in [4.78, 5) is 11.4. The van der Waals surface area contributed by atoms with Crippen LogP contribution in [0.5, 0.6) is 5.75 Å². The number of ether oxygens (including phenoxy) is 2. The maximum Gasteiger partial charge on any atom is 0.347 e. The number of aliphatic hydroxyl groups is 1. The highest BCUT2D eigenvalue weighted by atomic mass is 79.9. The van der Waals surface area contributed by atoms with Crippen molar-refractivity contribution in [1.82, 2.24) is 0 Å². The first-order chi connectivity index (χ1) is 8.04. The summed E-state index contributed by atoms with van der Waals surface area (Å²) in [6.07, 6.45) is -0.729. The number of carbonyl (C=O) groups is 1. The van der Waals surface area contributed by atoms with Gasteiger partial charge >= 0.3 is 5.97 Å². The van der Waals surface area contributed by atoms with Crippen LogP contribution in [0.1, 0.15) is 6.92 Å². The standard InChI is InChI=1S/C11H12Br2O4/c1-7(11(15)16-5-4-14)17-10-6-8(12)2-3-9(10)13/h2-3,6-7,14H,4-5H2,1H3. The molecule has 0 radical (unpaired) electrons. The number of esters is 1. The zero-order chi connectivity index (χ0) is 12.8. The van der Waals surface area contributed by atoms with Crippen molar-refractivity contribution in [3.63, 3.8) is 0 Å². The molecule has 1 atom stereocenters. The van der Waals surface area contributed by atoms with Crippen LogP contribution in [-0.4, -0.2) is 30.4 Å². The molecular weight excluding hydrogens is 356 g/mol. The Hall–Kier alpha value is -0.590. The quantitative estimate of drug-likeness (QED) is 0.812. The summed E-state index contributed by atoms with van der Waals surface area (Å²) in [7, 11) is 0. The lowest BCUT2D eigenvalue weighted by Gasteiger charge is -2.14. The van der Waals surface area contributed by atoms with Crippen molar-refractivity contribution in [2.75, 3.05) is 13.2 Å². The van der Waals surface area contributed by atoms with Gasteiger partial charge < -0.3 is 14.6 Å². The Balaban J connectivity index is 2.64. The molecule has 4 nitrogen and oxygen atoms in total. The number of benzene rings is 1. The number of rotatable bonds is 5. The second-order valence-electron chi connectivity index (χ2n) is 3.23. The fraction of sp³-hybridized carbons (Fsp3) is 0.364. The van der Waals surface area contributed by atoms with E-state index in [1.165, 1.54) is 0 Å². The van der Waals surface area contributed by atoms with Crippen molar-refractivity contribution in [3.8, 4) is 5.75 Å². The summed E-state index contributed by atoms with van der Waals surface area (Å²) >= 11 is 6.64. The molecule has 0 aliphatic rings. The van der Waals surface area contributed by atoms with Crippen LogP contribution in [0.4, 0.5) is 0 Å². The lowest BCUT2D eigenvalue weighted by molar-refractivity contribution is -0.152. The molecule has 0 aliphatic carbocycles. The predicted octanol–water partition coefficient (Wildman–Crippen LogP) is 2.51. The molecule has 0 spiro atoms. The van der Waals surface area contributed by atoms with Crippen LogP contribution in [-0.2, 0) is 9.53 Å². The SMILES string of the molecule is CC(Oc1cc(Br)ccc1Br)C(=O)OCCO.